The van der Waals surface area contributed by atoms with Crippen LogP contribution in [0.5, 0.6) is 0 Å². The van der Waals surface area contributed by atoms with Crippen LogP contribution >= 0.6 is 11.3 Å². The van der Waals surface area contributed by atoms with Crippen LogP contribution in [-0.2, 0) is 16.4 Å². The van der Waals surface area contributed by atoms with E-state index < -0.39 is 10.0 Å². The minimum atomic E-state index is -3.47. The summed E-state index contributed by atoms with van der Waals surface area (Å²) in [4.78, 5) is 4.44. The average molecular weight is 374 g/mol. The minimum absolute atomic E-state index is 0.294. The summed E-state index contributed by atoms with van der Waals surface area (Å²) in [7, 11) is -3.47. The van der Waals surface area contributed by atoms with Crippen molar-refractivity contribution in [1.82, 2.24) is 19.5 Å². The Balaban J connectivity index is 1.53. The highest BCUT2D eigenvalue weighted by molar-refractivity contribution is 7.92. The Morgan fingerprint density at radius 1 is 1.28 bits per heavy atom. The molecule has 0 saturated heterocycles. The average Bonchev–Trinajstić information content (AvgIpc) is 3.25. The van der Waals surface area contributed by atoms with E-state index in [0.29, 0.717) is 13.0 Å². The van der Waals surface area contributed by atoms with Crippen molar-refractivity contribution >= 4 is 27.4 Å². The van der Waals surface area contributed by atoms with Crippen LogP contribution in [-0.4, -0.2) is 29.7 Å². The van der Waals surface area contributed by atoms with Crippen LogP contribution in [0.4, 0.5) is 0 Å². The topological polar surface area (TPSA) is 76.9 Å². The Labute approximate surface area is 150 Å². The van der Waals surface area contributed by atoms with Crippen LogP contribution in [0, 0.1) is 6.92 Å². The maximum Gasteiger partial charge on any atom is 0.233 e. The fraction of sp³-hybridized carbons (Fsp3) is 0.176. The lowest BCUT2D eigenvalue weighted by Crippen LogP contribution is -2.23. The number of nitrogens with one attached hydrogen (secondary N) is 1. The molecule has 0 spiro atoms. The molecule has 0 fully saturated rings. The maximum absolute atomic E-state index is 12.0. The van der Waals surface area contributed by atoms with Crippen LogP contribution in [0.25, 0.3) is 11.2 Å². The van der Waals surface area contributed by atoms with Crippen molar-refractivity contribution < 1.29 is 8.42 Å². The molecule has 0 aliphatic rings. The lowest BCUT2D eigenvalue weighted by Gasteiger charge is -2.01. The molecular weight excluding hydrogens is 356 g/mol. The van der Waals surface area contributed by atoms with Crippen molar-refractivity contribution in [3.8, 4) is 5.13 Å². The van der Waals surface area contributed by atoms with Gasteiger partial charge in [0.25, 0.3) is 0 Å². The zero-order chi connectivity index (χ0) is 17.7. The van der Waals surface area contributed by atoms with Crippen molar-refractivity contribution in [3.05, 3.63) is 70.3 Å². The monoisotopic (exact) mass is 374 g/mol. The zero-order valence-corrected chi connectivity index (χ0v) is 15.3. The van der Waals surface area contributed by atoms with Crippen molar-refractivity contribution in [1.29, 1.82) is 0 Å². The predicted molar refractivity (Wildman–Crippen MR) is 100 cm³/mol. The van der Waals surface area contributed by atoms with Gasteiger partial charge in [-0.1, -0.05) is 29.8 Å². The normalized spacial score (nSPS) is 12.0. The molecule has 6 nitrogen and oxygen atoms in total. The third kappa shape index (κ3) is 5.09. The first-order valence-electron chi connectivity index (χ1n) is 7.71. The molecule has 130 valence electrons. The largest absolute Gasteiger partial charge is 0.233 e. The zero-order valence-electron chi connectivity index (χ0n) is 13.7. The van der Waals surface area contributed by atoms with Gasteiger partial charge in [0, 0.05) is 36.1 Å². The first-order chi connectivity index (χ1) is 12.0. The minimum Gasteiger partial charge on any atom is -0.223 e. The van der Waals surface area contributed by atoms with Gasteiger partial charge in [0.15, 0.2) is 0 Å². The summed E-state index contributed by atoms with van der Waals surface area (Å²) in [5, 5.41) is 7.99. The molecule has 0 unspecified atom stereocenters. The van der Waals surface area contributed by atoms with Crippen LogP contribution in [0.2, 0.25) is 0 Å². The molecule has 8 heteroatoms. The van der Waals surface area contributed by atoms with E-state index in [0.717, 1.165) is 22.0 Å². The summed E-state index contributed by atoms with van der Waals surface area (Å²) in [5.41, 5.74) is 2.82. The molecule has 0 saturated carbocycles. The number of sulfonamides is 1. The Bertz CT molecular complexity index is 943. The fourth-order valence-electron chi connectivity index (χ4n) is 2.11. The Morgan fingerprint density at radius 2 is 2.08 bits per heavy atom. The van der Waals surface area contributed by atoms with Gasteiger partial charge in [-0.25, -0.2) is 22.8 Å². The fourth-order valence-corrected chi connectivity index (χ4v) is 3.73. The number of aryl methyl sites for hydroxylation is 1. The highest BCUT2D eigenvalue weighted by atomic mass is 32.2. The summed E-state index contributed by atoms with van der Waals surface area (Å²) in [6.07, 6.45) is 5.62. The Morgan fingerprint density at radius 3 is 2.80 bits per heavy atom. The Hall–Kier alpha value is -2.29. The molecule has 0 atom stereocenters. The van der Waals surface area contributed by atoms with Gasteiger partial charge in [0.2, 0.25) is 15.2 Å². The van der Waals surface area contributed by atoms with Crippen LogP contribution in [0.3, 0.4) is 0 Å². The highest BCUT2D eigenvalue weighted by Gasteiger charge is 2.07. The smallest absolute Gasteiger partial charge is 0.223 e. The van der Waals surface area contributed by atoms with Gasteiger partial charge in [-0.05, 0) is 24.6 Å². The second kappa shape index (κ2) is 7.73. The van der Waals surface area contributed by atoms with E-state index in [2.05, 4.69) is 14.8 Å². The van der Waals surface area contributed by atoms with Crippen molar-refractivity contribution in [2.24, 2.45) is 0 Å². The number of aromatic nitrogens is 3. The number of benzene rings is 1. The molecule has 2 heterocycles. The summed E-state index contributed by atoms with van der Waals surface area (Å²) >= 11 is 1.47. The predicted octanol–water partition coefficient (Wildman–Crippen LogP) is 2.77. The molecule has 0 aliphatic heterocycles. The van der Waals surface area contributed by atoms with Gasteiger partial charge in [-0.2, -0.15) is 5.10 Å². The summed E-state index contributed by atoms with van der Waals surface area (Å²) in [6, 6.07) is 9.48. The van der Waals surface area contributed by atoms with E-state index in [4.69, 9.17) is 0 Å². The third-order valence-corrected chi connectivity index (χ3v) is 5.42. The number of nitrogens with zero attached hydrogens (tertiary/aromatic N) is 3. The summed E-state index contributed by atoms with van der Waals surface area (Å²) < 4.78 is 28.3. The molecule has 0 radical (unpaired) electrons. The van der Waals surface area contributed by atoms with E-state index in [1.54, 1.807) is 17.0 Å². The maximum atomic E-state index is 12.0. The van der Waals surface area contributed by atoms with Crippen molar-refractivity contribution in [2.45, 2.75) is 13.3 Å². The molecule has 2 aromatic heterocycles. The quantitative estimate of drug-likeness (QED) is 0.690. The van der Waals surface area contributed by atoms with Crippen LogP contribution < -0.4 is 4.72 Å². The molecule has 0 amide bonds. The summed E-state index contributed by atoms with van der Waals surface area (Å²) in [5.74, 6) is 0. The second-order valence-electron chi connectivity index (χ2n) is 5.47. The van der Waals surface area contributed by atoms with Gasteiger partial charge in [0.05, 0.1) is 5.69 Å². The van der Waals surface area contributed by atoms with Gasteiger partial charge in [-0.15, -0.1) is 11.3 Å². The van der Waals surface area contributed by atoms with Crippen molar-refractivity contribution in [2.75, 3.05) is 6.54 Å². The van der Waals surface area contributed by atoms with E-state index in [1.165, 1.54) is 16.7 Å². The molecule has 0 aliphatic carbocycles. The second-order valence-corrected chi connectivity index (χ2v) is 7.96. The third-order valence-electron chi connectivity index (χ3n) is 3.44. The number of thiazole rings is 1. The van der Waals surface area contributed by atoms with Gasteiger partial charge in [0.1, 0.15) is 0 Å². The van der Waals surface area contributed by atoms with Crippen LogP contribution in [0.15, 0.2) is 53.5 Å². The van der Waals surface area contributed by atoms with E-state index >= 15 is 0 Å². The highest BCUT2D eigenvalue weighted by Crippen LogP contribution is 2.14. The van der Waals surface area contributed by atoms with Crippen LogP contribution in [0.1, 0.15) is 16.8 Å². The molecule has 0 bridgehead atoms. The first kappa shape index (κ1) is 17.5. The molecule has 1 aromatic carbocycles. The molecule has 3 aromatic rings. The number of rotatable bonds is 7. The summed E-state index contributed by atoms with van der Waals surface area (Å²) in [6.45, 7) is 2.28. The number of hydrogen-bond acceptors (Lipinski definition) is 5. The standard InChI is InChI=1S/C17H18N4O2S2/c1-14-3-5-15(6-4-14)8-12-25(22,23)19-10-7-16-13-24-17(20-16)21-11-2-9-18-21/h2-6,8-9,11-13,19H,7,10H2,1H3/b12-8+. The molecule has 1 N–H and O–H groups in total. The van der Waals surface area contributed by atoms with Gasteiger partial charge >= 0.3 is 0 Å². The molecular formula is C17H18N4O2S2. The van der Waals surface area contributed by atoms with E-state index in [1.807, 2.05) is 48.8 Å². The van der Waals surface area contributed by atoms with E-state index in [9.17, 15) is 8.42 Å². The number of hydrogen-bond donors (Lipinski definition) is 1. The SMILES string of the molecule is Cc1ccc(/C=C/S(=O)(=O)NCCc2csc(-n3cccn3)n2)cc1. The molecule has 3 rings (SSSR count). The lowest BCUT2D eigenvalue weighted by atomic mass is 10.2. The van der Waals surface area contributed by atoms with Crippen molar-refractivity contribution in [3.63, 3.8) is 0 Å². The van der Waals surface area contributed by atoms with E-state index in [-0.39, 0.29) is 0 Å². The lowest BCUT2D eigenvalue weighted by molar-refractivity contribution is 0.591. The van der Waals surface area contributed by atoms with Gasteiger partial charge < -0.3 is 0 Å². The van der Waals surface area contributed by atoms with Gasteiger partial charge in [-0.3, -0.25) is 0 Å². The molecule has 25 heavy (non-hydrogen) atoms. The Kier molecular flexibility index (Phi) is 5.42. The first-order valence-corrected chi connectivity index (χ1v) is 10.1.